The lowest BCUT2D eigenvalue weighted by molar-refractivity contribution is -0.132. The van der Waals surface area contributed by atoms with Crippen LogP contribution in [-0.2, 0) is 11.4 Å². The second-order valence-corrected chi connectivity index (χ2v) is 10.9. The molecule has 0 radical (unpaired) electrons. The van der Waals surface area contributed by atoms with Crippen LogP contribution in [0.25, 0.3) is 6.08 Å². The van der Waals surface area contributed by atoms with Crippen LogP contribution >= 0.6 is 11.3 Å². The third-order valence-corrected chi connectivity index (χ3v) is 8.18. The minimum Gasteiger partial charge on any atom is -0.496 e. The van der Waals surface area contributed by atoms with Crippen molar-refractivity contribution in [1.82, 2.24) is 4.57 Å². The quantitative estimate of drug-likeness (QED) is 0.353. The van der Waals surface area contributed by atoms with Crippen molar-refractivity contribution in [3.05, 3.63) is 109 Å². The van der Waals surface area contributed by atoms with Crippen molar-refractivity contribution >= 4 is 23.2 Å². The molecule has 0 saturated heterocycles. The van der Waals surface area contributed by atoms with Gasteiger partial charge in [-0.3, -0.25) is 14.2 Å². The molecule has 2 aliphatic heterocycles. The monoisotopic (exact) mass is 562 g/mol. The highest BCUT2D eigenvalue weighted by molar-refractivity contribution is 7.07. The van der Waals surface area contributed by atoms with Gasteiger partial charge >= 0.3 is 0 Å². The number of carbonyl (C=O) groups is 1. The van der Waals surface area contributed by atoms with E-state index in [1.54, 1.807) is 35.8 Å². The van der Waals surface area contributed by atoms with Crippen molar-refractivity contribution < 1.29 is 27.8 Å². The van der Waals surface area contributed by atoms with Gasteiger partial charge in [-0.2, -0.15) is 0 Å². The molecule has 1 aromatic heterocycles. The van der Waals surface area contributed by atoms with E-state index in [1.165, 1.54) is 31.4 Å². The number of nitrogens with zero attached hydrogens (tertiary/aromatic N) is 2. The molecule has 3 unspecified atom stereocenters. The third-order valence-electron chi connectivity index (χ3n) is 7.20. The van der Waals surface area contributed by atoms with Gasteiger partial charge < -0.3 is 14.2 Å². The number of halogens is 2. The first kappa shape index (κ1) is 25.9. The number of carbonyl (C=O) groups excluding carboxylic acids is 1. The smallest absolute Gasteiger partial charge is 0.270 e. The Morgan fingerprint density at radius 3 is 2.67 bits per heavy atom. The van der Waals surface area contributed by atoms with Gasteiger partial charge in [-0.05, 0) is 55.8 Å². The molecule has 0 spiro atoms. The Hall–Kier alpha value is -4.31. The highest BCUT2D eigenvalue weighted by Crippen LogP contribution is 2.47. The highest BCUT2D eigenvalue weighted by atomic mass is 32.1. The van der Waals surface area contributed by atoms with Crippen LogP contribution in [0, 0.1) is 17.6 Å². The van der Waals surface area contributed by atoms with Gasteiger partial charge in [-0.15, -0.1) is 0 Å². The Labute approximate surface area is 231 Å². The van der Waals surface area contributed by atoms with E-state index < -0.39 is 29.3 Å². The molecule has 40 heavy (non-hydrogen) atoms. The van der Waals surface area contributed by atoms with Gasteiger partial charge in [0.05, 0.1) is 17.7 Å². The molecule has 0 aliphatic carbocycles. The Balaban J connectivity index is 1.42. The predicted octanol–water partition coefficient (Wildman–Crippen LogP) is 4.14. The fourth-order valence-corrected chi connectivity index (χ4v) is 6.56. The number of methoxy groups -OCH3 is 1. The summed E-state index contributed by atoms with van der Waals surface area (Å²) >= 11 is 1.22. The number of para-hydroxylation sites is 1. The molecule has 4 aromatic rings. The van der Waals surface area contributed by atoms with E-state index in [0.29, 0.717) is 32.0 Å². The van der Waals surface area contributed by atoms with E-state index in [4.69, 9.17) is 19.2 Å². The fraction of sp³-hybridized carbons (Fsp3) is 0.233. The van der Waals surface area contributed by atoms with Gasteiger partial charge in [0.2, 0.25) is 5.72 Å². The number of Topliss-reactive ketones (excluding diaryl/α,β-unsaturated/α-hetero) is 1. The predicted molar refractivity (Wildman–Crippen MR) is 144 cm³/mol. The maximum absolute atomic E-state index is 14.1. The summed E-state index contributed by atoms with van der Waals surface area (Å²) in [6.45, 7) is 3.23. The zero-order chi connectivity index (χ0) is 28.2. The zero-order valence-corrected chi connectivity index (χ0v) is 22.6. The summed E-state index contributed by atoms with van der Waals surface area (Å²) in [6.07, 6.45) is 1.73. The molecule has 2 aliphatic rings. The van der Waals surface area contributed by atoms with Crippen molar-refractivity contribution in [2.75, 3.05) is 7.11 Å². The van der Waals surface area contributed by atoms with E-state index in [2.05, 4.69) is 0 Å². The number of ether oxygens (including phenoxy) is 3. The molecule has 3 aromatic carbocycles. The number of rotatable bonds is 6. The average Bonchev–Trinajstić information content (AvgIpc) is 3.20. The number of hydrogen-bond donors (Lipinski definition) is 0. The van der Waals surface area contributed by atoms with Gasteiger partial charge in [0.1, 0.15) is 35.6 Å². The lowest BCUT2D eigenvalue weighted by atomic mass is 9.79. The van der Waals surface area contributed by atoms with Crippen LogP contribution in [0.5, 0.6) is 17.2 Å². The SMILES string of the molecule is COc1ccc(/C=c2/sc3n(c2=O)C2c4ccccc4OC(C)(N=3)C2C(C)=O)cc1COc1ccc(F)cc1F. The van der Waals surface area contributed by atoms with Crippen LogP contribution in [0.4, 0.5) is 8.78 Å². The van der Waals surface area contributed by atoms with Crippen LogP contribution in [0.15, 0.2) is 70.5 Å². The molecule has 0 N–H and O–H groups in total. The van der Waals surface area contributed by atoms with E-state index in [9.17, 15) is 18.4 Å². The van der Waals surface area contributed by atoms with E-state index in [1.807, 2.05) is 24.3 Å². The van der Waals surface area contributed by atoms with Gasteiger partial charge in [-0.25, -0.2) is 13.8 Å². The second kappa shape index (κ2) is 9.71. The summed E-state index contributed by atoms with van der Waals surface area (Å²) in [7, 11) is 1.51. The molecule has 0 saturated carbocycles. The summed E-state index contributed by atoms with van der Waals surface area (Å²) in [5.74, 6) is -1.26. The Kier molecular flexibility index (Phi) is 6.29. The lowest BCUT2D eigenvalue weighted by Crippen LogP contribution is -2.58. The number of benzene rings is 3. The molecule has 204 valence electrons. The number of hydrogen-bond acceptors (Lipinski definition) is 7. The first-order valence-electron chi connectivity index (χ1n) is 12.5. The van der Waals surface area contributed by atoms with Crippen LogP contribution < -0.4 is 29.1 Å². The first-order chi connectivity index (χ1) is 19.2. The normalized spacial score (nSPS) is 21.1. The van der Waals surface area contributed by atoms with Crippen molar-refractivity contribution in [1.29, 1.82) is 0 Å². The molecule has 0 amide bonds. The van der Waals surface area contributed by atoms with Crippen molar-refractivity contribution in [2.45, 2.75) is 32.2 Å². The van der Waals surface area contributed by atoms with Crippen molar-refractivity contribution in [3.8, 4) is 17.2 Å². The highest BCUT2D eigenvalue weighted by Gasteiger charge is 2.53. The Bertz CT molecular complexity index is 1850. The summed E-state index contributed by atoms with van der Waals surface area (Å²) in [4.78, 5) is 31.8. The standard InChI is InChI=1S/C30H24F2N2O5S/c1-16(35)26-27-20-6-4-5-7-23(20)39-30(26,2)33-29-34(27)28(36)25(40-29)13-17-8-10-22(37-3)18(12-17)15-38-24-11-9-19(31)14-21(24)32/h4-14,26-27H,15H2,1-3H3/b25-13+. The Morgan fingerprint density at radius 1 is 1.15 bits per heavy atom. The topological polar surface area (TPSA) is 79.1 Å². The molecule has 7 nitrogen and oxygen atoms in total. The number of aromatic nitrogens is 1. The average molecular weight is 563 g/mol. The maximum atomic E-state index is 14.1. The van der Waals surface area contributed by atoms with Crippen LogP contribution in [0.1, 0.15) is 36.6 Å². The summed E-state index contributed by atoms with van der Waals surface area (Å²) < 4.78 is 46.6. The van der Waals surface area contributed by atoms with Crippen molar-refractivity contribution in [3.63, 3.8) is 0 Å². The minimum atomic E-state index is -1.14. The van der Waals surface area contributed by atoms with Crippen molar-refractivity contribution in [2.24, 2.45) is 10.9 Å². The van der Waals surface area contributed by atoms with E-state index in [0.717, 1.165) is 17.7 Å². The lowest BCUT2D eigenvalue weighted by Gasteiger charge is -2.45. The number of thiazole rings is 1. The molecular formula is C30H24F2N2O5S. The third kappa shape index (κ3) is 4.28. The molecule has 6 rings (SSSR count). The van der Waals surface area contributed by atoms with Crippen LogP contribution in [0.3, 0.4) is 0 Å². The molecule has 2 bridgehead atoms. The molecule has 3 heterocycles. The summed E-state index contributed by atoms with van der Waals surface area (Å²) in [6, 6.07) is 15.2. The fourth-order valence-electron chi connectivity index (χ4n) is 5.46. The van der Waals surface area contributed by atoms with E-state index >= 15 is 0 Å². The van der Waals surface area contributed by atoms with E-state index in [-0.39, 0.29) is 23.7 Å². The molecule has 0 fully saturated rings. The largest absolute Gasteiger partial charge is 0.496 e. The molecular weight excluding hydrogens is 538 g/mol. The van der Waals surface area contributed by atoms with Gasteiger partial charge in [0.15, 0.2) is 16.4 Å². The van der Waals surface area contributed by atoms with Gasteiger partial charge in [0.25, 0.3) is 5.56 Å². The first-order valence-corrected chi connectivity index (χ1v) is 13.4. The van der Waals surface area contributed by atoms with Crippen LogP contribution in [0.2, 0.25) is 0 Å². The zero-order valence-electron chi connectivity index (χ0n) is 21.8. The molecule has 3 atom stereocenters. The summed E-state index contributed by atoms with van der Waals surface area (Å²) in [5.41, 5.74) is 0.651. The van der Waals surface area contributed by atoms with Crippen LogP contribution in [-0.4, -0.2) is 23.2 Å². The molecule has 10 heteroatoms. The Morgan fingerprint density at radius 2 is 1.93 bits per heavy atom. The number of fused-ring (bicyclic) bond motifs is 6. The van der Waals surface area contributed by atoms with Gasteiger partial charge in [0, 0.05) is 17.2 Å². The van der Waals surface area contributed by atoms with Gasteiger partial charge in [-0.1, -0.05) is 35.6 Å². The number of ketones is 1. The second-order valence-electron chi connectivity index (χ2n) is 9.84. The maximum Gasteiger partial charge on any atom is 0.270 e. The summed E-state index contributed by atoms with van der Waals surface area (Å²) in [5, 5.41) is 0. The minimum absolute atomic E-state index is 0.0441.